The summed E-state index contributed by atoms with van der Waals surface area (Å²) >= 11 is 0. The number of rotatable bonds is 2. The average molecular weight is 286 g/mol. The number of amides is 1. The van der Waals surface area contributed by atoms with Gasteiger partial charge in [0.05, 0.1) is 11.4 Å². The van der Waals surface area contributed by atoms with Crippen LogP contribution in [0.15, 0.2) is 30.3 Å². The number of fused-ring (bicyclic) bond motifs is 1. The molecule has 0 radical (unpaired) electrons. The Morgan fingerprint density at radius 2 is 1.95 bits per heavy atom. The molecule has 1 heterocycles. The number of nitrogen functional groups attached to an aromatic ring is 1. The van der Waals surface area contributed by atoms with Gasteiger partial charge < -0.3 is 25.6 Å². The first-order chi connectivity index (χ1) is 10.0. The lowest BCUT2D eigenvalue weighted by atomic mass is 10.1. The lowest BCUT2D eigenvalue weighted by Crippen LogP contribution is -2.13. The molecule has 6 nitrogen and oxygen atoms in total. The van der Waals surface area contributed by atoms with E-state index in [1.807, 2.05) is 0 Å². The second-order valence-electron chi connectivity index (χ2n) is 4.75. The van der Waals surface area contributed by atoms with E-state index >= 15 is 0 Å². The fourth-order valence-electron chi connectivity index (χ4n) is 2.06. The van der Waals surface area contributed by atoms with Crippen LogP contribution in [0.3, 0.4) is 0 Å². The number of hydrogen-bond acceptors (Lipinski definition) is 5. The highest BCUT2D eigenvalue weighted by molar-refractivity contribution is 6.06. The van der Waals surface area contributed by atoms with Gasteiger partial charge in [-0.3, -0.25) is 4.79 Å². The van der Waals surface area contributed by atoms with Crippen molar-refractivity contribution < 1.29 is 19.4 Å². The van der Waals surface area contributed by atoms with Gasteiger partial charge in [-0.2, -0.15) is 0 Å². The third-order valence-corrected chi connectivity index (χ3v) is 3.25. The fraction of sp³-hybridized carbons (Fsp3) is 0.133. The van der Waals surface area contributed by atoms with Gasteiger partial charge in [0.15, 0.2) is 11.5 Å². The van der Waals surface area contributed by atoms with Gasteiger partial charge in [-0.25, -0.2) is 0 Å². The SMILES string of the molecule is Cc1cc(C(=O)Nc2cc3c(cc2N)OCO3)ccc1O. The number of aromatic hydroxyl groups is 1. The molecule has 1 aliphatic heterocycles. The fourth-order valence-corrected chi connectivity index (χ4v) is 2.06. The van der Waals surface area contributed by atoms with E-state index in [0.29, 0.717) is 34.0 Å². The zero-order valence-electron chi connectivity index (χ0n) is 11.3. The summed E-state index contributed by atoms with van der Waals surface area (Å²) in [5.41, 5.74) is 7.79. The Bertz CT molecular complexity index is 728. The van der Waals surface area contributed by atoms with E-state index < -0.39 is 0 Å². The zero-order valence-corrected chi connectivity index (χ0v) is 11.3. The summed E-state index contributed by atoms with van der Waals surface area (Å²) in [6.07, 6.45) is 0. The van der Waals surface area contributed by atoms with Crippen LogP contribution in [0.25, 0.3) is 0 Å². The van der Waals surface area contributed by atoms with E-state index in [4.69, 9.17) is 15.2 Å². The van der Waals surface area contributed by atoms with Crippen LogP contribution in [0.4, 0.5) is 11.4 Å². The molecular weight excluding hydrogens is 272 g/mol. The number of hydrogen-bond donors (Lipinski definition) is 3. The smallest absolute Gasteiger partial charge is 0.255 e. The minimum Gasteiger partial charge on any atom is -0.508 e. The van der Waals surface area contributed by atoms with E-state index in [0.717, 1.165) is 0 Å². The topological polar surface area (TPSA) is 93.8 Å². The van der Waals surface area contributed by atoms with Crippen LogP contribution in [-0.4, -0.2) is 17.8 Å². The zero-order chi connectivity index (χ0) is 15.0. The Balaban J connectivity index is 1.86. The summed E-state index contributed by atoms with van der Waals surface area (Å²) in [4.78, 5) is 12.2. The van der Waals surface area contributed by atoms with Gasteiger partial charge in [0.25, 0.3) is 5.91 Å². The average Bonchev–Trinajstić information content (AvgIpc) is 2.89. The number of phenolic OH excluding ortho intramolecular Hbond substituents is 1. The molecule has 3 rings (SSSR count). The van der Waals surface area contributed by atoms with E-state index in [-0.39, 0.29) is 18.4 Å². The normalized spacial score (nSPS) is 12.2. The van der Waals surface area contributed by atoms with Crippen LogP contribution < -0.4 is 20.5 Å². The van der Waals surface area contributed by atoms with Gasteiger partial charge in [-0.1, -0.05) is 0 Å². The maximum absolute atomic E-state index is 12.2. The quantitative estimate of drug-likeness (QED) is 0.736. The van der Waals surface area contributed by atoms with Crippen LogP contribution in [0.5, 0.6) is 17.2 Å². The van der Waals surface area contributed by atoms with Crippen LogP contribution in [0.2, 0.25) is 0 Å². The highest BCUT2D eigenvalue weighted by atomic mass is 16.7. The van der Waals surface area contributed by atoms with Crippen LogP contribution in [-0.2, 0) is 0 Å². The van der Waals surface area contributed by atoms with Crippen molar-refractivity contribution in [1.82, 2.24) is 0 Å². The Hall–Kier alpha value is -2.89. The monoisotopic (exact) mass is 286 g/mol. The Labute approximate surface area is 121 Å². The number of nitrogens with two attached hydrogens (primary N) is 1. The molecule has 0 bridgehead atoms. The Kier molecular flexibility index (Phi) is 3.06. The van der Waals surface area contributed by atoms with Crippen molar-refractivity contribution in [3.8, 4) is 17.2 Å². The summed E-state index contributed by atoms with van der Waals surface area (Å²) in [6.45, 7) is 1.87. The molecule has 0 atom stereocenters. The number of phenols is 1. The second-order valence-corrected chi connectivity index (χ2v) is 4.75. The molecule has 0 aromatic heterocycles. The Morgan fingerprint density at radius 1 is 1.24 bits per heavy atom. The highest BCUT2D eigenvalue weighted by Crippen LogP contribution is 2.38. The first-order valence-corrected chi connectivity index (χ1v) is 6.34. The Morgan fingerprint density at radius 3 is 2.67 bits per heavy atom. The summed E-state index contributed by atoms with van der Waals surface area (Å²) in [6, 6.07) is 7.87. The molecule has 6 heteroatoms. The standard InChI is InChI=1S/C15H14N2O4/c1-8-4-9(2-3-12(8)18)15(19)17-11-6-14-13(5-10(11)16)20-7-21-14/h2-6,18H,7,16H2,1H3,(H,17,19). The van der Waals surface area contributed by atoms with Crippen molar-refractivity contribution in [2.24, 2.45) is 0 Å². The van der Waals surface area contributed by atoms with Crippen molar-refractivity contribution in [3.63, 3.8) is 0 Å². The molecule has 4 N–H and O–H groups in total. The first-order valence-electron chi connectivity index (χ1n) is 6.34. The number of nitrogens with one attached hydrogen (secondary N) is 1. The molecule has 0 saturated heterocycles. The van der Waals surface area contributed by atoms with Crippen molar-refractivity contribution >= 4 is 17.3 Å². The van der Waals surface area contributed by atoms with Crippen molar-refractivity contribution in [1.29, 1.82) is 0 Å². The third-order valence-electron chi connectivity index (χ3n) is 3.25. The largest absolute Gasteiger partial charge is 0.508 e. The van der Waals surface area contributed by atoms with Crippen LogP contribution in [0, 0.1) is 6.92 Å². The minimum atomic E-state index is -0.316. The van der Waals surface area contributed by atoms with E-state index in [1.165, 1.54) is 6.07 Å². The molecule has 21 heavy (non-hydrogen) atoms. The summed E-state index contributed by atoms with van der Waals surface area (Å²) in [7, 11) is 0. The predicted molar refractivity (Wildman–Crippen MR) is 77.8 cm³/mol. The highest BCUT2D eigenvalue weighted by Gasteiger charge is 2.17. The van der Waals surface area contributed by atoms with Gasteiger partial charge in [0.2, 0.25) is 6.79 Å². The van der Waals surface area contributed by atoms with E-state index in [1.54, 1.807) is 31.2 Å². The molecule has 0 unspecified atom stereocenters. The van der Waals surface area contributed by atoms with Gasteiger partial charge in [0, 0.05) is 17.7 Å². The maximum Gasteiger partial charge on any atom is 0.255 e. The van der Waals surface area contributed by atoms with Crippen LogP contribution in [0.1, 0.15) is 15.9 Å². The van der Waals surface area contributed by atoms with Crippen molar-refractivity contribution in [2.45, 2.75) is 6.92 Å². The van der Waals surface area contributed by atoms with Gasteiger partial charge in [0.1, 0.15) is 5.75 Å². The molecular formula is C15H14N2O4. The molecule has 108 valence electrons. The van der Waals surface area contributed by atoms with Crippen LogP contribution >= 0.6 is 0 Å². The van der Waals surface area contributed by atoms with E-state index in [9.17, 15) is 9.90 Å². The number of benzene rings is 2. The number of carbonyl (C=O) groups excluding carboxylic acids is 1. The number of anilines is 2. The molecule has 0 aliphatic carbocycles. The summed E-state index contributed by atoms with van der Waals surface area (Å²) in [5.74, 6) is 0.935. The van der Waals surface area contributed by atoms with Crippen molar-refractivity contribution in [3.05, 3.63) is 41.5 Å². The van der Waals surface area contributed by atoms with Gasteiger partial charge >= 0.3 is 0 Å². The lowest BCUT2D eigenvalue weighted by molar-refractivity contribution is 0.102. The molecule has 2 aromatic carbocycles. The number of aryl methyl sites for hydroxylation is 1. The second kappa shape index (κ2) is 4.90. The molecule has 0 saturated carbocycles. The summed E-state index contributed by atoms with van der Waals surface area (Å²) < 4.78 is 10.5. The molecule has 1 aliphatic rings. The first kappa shape index (κ1) is 13.1. The minimum absolute atomic E-state index is 0.142. The van der Waals surface area contributed by atoms with Gasteiger partial charge in [-0.15, -0.1) is 0 Å². The van der Waals surface area contributed by atoms with Gasteiger partial charge in [-0.05, 0) is 30.7 Å². The third kappa shape index (κ3) is 2.43. The maximum atomic E-state index is 12.2. The van der Waals surface area contributed by atoms with Crippen molar-refractivity contribution in [2.75, 3.05) is 17.8 Å². The number of carbonyl (C=O) groups is 1. The molecule has 1 amide bonds. The number of ether oxygens (including phenoxy) is 2. The predicted octanol–water partition coefficient (Wildman–Crippen LogP) is 2.26. The lowest BCUT2D eigenvalue weighted by Gasteiger charge is -2.10. The molecule has 0 fully saturated rings. The molecule has 0 spiro atoms. The summed E-state index contributed by atoms with van der Waals surface area (Å²) in [5, 5.41) is 12.2. The molecule has 2 aromatic rings. The van der Waals surface area contributed by atoms with E-state index in [2.05, 4.69) is 5.32 Å².